The third kappa shape index (κ3) is 5.61. The highest BCUT2D eigenvalue weighted by Crippen LogP contribution is 2.32. The van der Waals surface area contributed by atoms with Crippen LogP contribution in [0.4, 0.5) is 0 Å². The summed E-state index contributed by atoms with van der Waals surface area (Å²) in [6.45, 7) is 5.70. The molecular weight excluding hydrogens is 348 g/mol. The normalized spacial score (nSPS) is 16.6. The summed E-state index contributed by atoms with van der Waals surface area (Å²) < 4.78 is 15.9. The van der Waals surface area contributed by atoms with Crippen LogP contribution in [0.25, 0.3) is 0 Å². The van der Waals surface area contributed by atoms with Gasteiger partial charge in [0, 0.05) is 32.4 Å². The van der Waals surface area contributed by atoms with Crippen LogP contribution in [0.5, 0.6) is 11.5 Å². The van der Waals surface area contributed by atoms with E-state index < -0.39 is 5.91 Å². The highest BCUT2D eigenvalue weighted by molar-refractivity contribution is 5.97. The predicted molar refractivity (Wildman–Crippen MR) is 98.0 cm³/mol. The first-order valence-corrected chi connectivity index (χ1v) is 9.07. The van der Waals surface area contributed by atoms with Gasteiger partial charge in [0.05, 0.1) is 13.2 Å². The van der Waals surface area contributed by atoms with E-state index in [2.05, 4.69) is 15.5 Å². The summed E-state index contributed by atoms with van der Waals surface area (Å²) in [5, 5.41) is 15.0. The molecule has 8 nitrogen and oxygen atoms in total. The second kappa shape index (κ2) is 9.80. The molecular formula is C19H24N4O4. The van der Waals surface area contributed by atoms with Gasteiger partial charge in [0.15, 0.2) is 11.5 Å². The molecule has 144 valence electrons. The summed E-state index contributed by atoms with van der Waals surface area (Å²) in [4.78, 5) is 14.5. The van der Waals surface area contributed by atoms with Crippen LogP contribution in [-0.4, -0.2) is 57.0 Å². The molecule has 2 heterocycles. The van der Waals surface area contributed by atoms with E-state index in [0.717, 1.165) is 44.8 Å². The molecule has 8 heteroatoms. The summed E-state index contributed by atoms with van der Waals surface area (Å²) in [6, 6.07) is 7.42. The molecule has 3 rings (SSSR count). The zero-order valence-electron chi connectivity index (χ0n) is 15.2. The molecule has 0 saturated carbocycles. The number of fused-ring (bicyclic) bond motifs is 1. The van der Waals surface area contributed by atoms with Crippen LogP contribution >= 0.6 is 0 Å². The first kappa shape index (κ1) is 19.0. The van der Waals surface area contributed by atoms with Crippen molar-refractivity contribution >= 4 is 5.91 Å². The molecule has 2 aliphatic heterocycles. The van der Waals surface area contributed by atoms with Gasteiger partial charge in [-0.25, -0.2) is 0 Å². The van der Waals surface area contributed by atoms with Crippen LogP contribution in [-0.2, 0) is 16.1 Å². The predicted octanol–water partition coefficient (Wildman–Crippen LogP) is 0.751. The summed E-state index contributed by atoms with van der Waals surface area (Å²) in [7, 11) is 0. The SMILES string of the molecule is N#C/C(=C/NCCCN1CCOCC1)C(=O)NCc1ccc2c(c1)OCO2. The van der Waals surface area contributed by atoms with Crippen LogP contribution in [0.15, 0.2) is 30.0 Å². The van der Waals surface area contributed by atoms with Gasteiger partial charge in [0.25, 0.3) is 5.91 Å². The van der Waals surface area contributed by atoms with E-state index in [4.69, 9.17) is 14.2 Å². The lowest BCUT2D eigenvalue weighted by Gasteiger charge is -2.26. The Morgan fingerprint density at radius 1 is 1.26 bits per heavy atom. The van der Waals surface area contributed by atoms with Crippen molar-refractivity contribution in [1.82, 2.24) is 15.5 Å². The summed E-state index contributed by atoms with van der Waals surface area (Å²) in [5.74, 6) is 0.958. The Morgan fingerprint density at radius 3 is 2.89 bits per heavy atom. The van der Waals surface area contributed by atoms with Crippen LogP contribution in [0.3, 0.4) is 0 Å². The molecule has 0 atom stereocenters. The molecule has 2 N–H and O–H groups in total. The van der Waals surface area contributed by atoms with Crippen molar-refractivity contribution in [3.05, 3.63) is 35.5 Å². The van der Waals surface area contributed by atoms with Crippen LogP contribution < -0.4 is 20.1 Å². The van der Waals surface area contributed by atoms with Gasteiger partial charge in [-0.1, -0.05) is 6.07 Å². The average molecular weight is 372 g/mol. The molecule has 0 aliphatic carbocycles. The van der Waals surface area contributed by atoms with Crippen molar-refractivity contribution in [2.24, 2.45) is 0 Å². The van der Waals surface area contributed by atoms with E-state index in [0.29, 0.717) is 24.6 Å². The van der Waals surface area contributed by atoms with Gasteiger partial charge >= 0.3 is 0 Å². The molecule has 0 radical (unpaired) electrons. The van der Waals surface area contributed by atoms with Crippen molar-refractivity contribution < 1.29 is 19.0 Å². The smallest absolute Gasteiger partial charge is 0.263 e. The Morgan fingerprint density at radius 2 is 2.07 bits per heavy atom. The summed E-state index contributed by atoms with van der Waals surface area (Å²) in [5.41, 5.74) is 0.936. The number of nitrogens with zero attached hydrogens (tertiary/aromatic N) is 2. The van der Waals surface area contributed by atoms with E-state index in [-0.39, 0.29) is 12.4 Å². The number of carbonyl (C=O) groups is 1. The maximum absolute atomic E-state index is 12.2. The quantitative estimate of drug-likeness (QED) is 0.395. The van der Waals surface area contributed by atoms with Crippen molar-refractivity contribution in [3.8, 4) is 17.6 Å². The van der Waals surface area contributed by atoms with Crippen molar-refractivity contribution in [3.63, 3.8) is 0 Å². The molecule has 27 heavy (non-hydrogen) atoms. The first-order chi connectivity index (χ1) is 13.3. The van der Waals surface area contributed by atoms with E-state index in [1.165, 1.54) is 6.20 Å². The fourth-order valence-corrected chi connectivity index (χ4v) is 2.88. The van der Waals surface area contributed by atoms with Gasteiger partial charge in [-0.15, -0.1) is 0 Å². The Kier molecular flexibility index (Phi) is 6.90. The lowest BCUT2D eigenvalue weighted by atomic mass is 10.2. The van der Waals surface area contributed by atoms with E-state index in [1.54, 1.807) is 6.07 Å². The van der Waals surface area contributed by atoms with Crippen molar-refractivity contribution in [2.75, 3.05) is 46.2 Å². The topological polar surface area (TPSA) is 95.9 Å². The number of carbonyl (C=O) groups excluding carboxylic acids is 1. The first-order valence-electron chi connectivity index (χ1n) is 9.07. The standard InChI is InChI=1S/C19H24N4O4/c20-11-16(13-21-4-1-5-23-6-8-25-9-7-23)19(24)22-12-15-2-3-17-18(10-15)27-14-26-17/h2-3,10,13,21H,1,4-9,12,14H2,(H,22,24)/b16-13-. The van der Waals surface area contributed by atoms with Gasteiger partial charge in [0.1, 0.15) is 11.6 Å². The molecule has 1 aromatic carbocycles. The maximum atomic E-state index is 12.2. The zero-order valence-corrected chi connectivity index (χ0v) is 15.2. The summed E-state index contributed by atoms with van der Waals surface area (Å²) in [6.07, 6.45) is 2.42. The highest BCUT2D eigenvalue weighted by atomic mass is 16.7. The molecule has 1 amide bonds. The minimum absolute atomic E-state index is 0.0575. The highest BCUT2D eigenvalue weighted by Gasteiger charge is 2.14. The van der Waals surface area contributed by atoms with Crippen LogP contribution in [0, 0.1) is 11.3 Å². The molecule has 2 aliphatic rings. The Balaban J connectivity index is 1.39. The van der Waals surface area contributed by atoms with Crippen molar-refractivity contribution in [2.45, 2.75) is 13.0 Å². The number of ether oxygens (including phenoxy) is 3. The molecule has 0 aromatic heterocycles. The lowest BCUT2D eigenvalue weighted by molar-refractivity contribution is -0.117. The monoisotopic (exact) mass is 372 g/mol. The lowest BCUT2D eigenvalue weighted by Crippen LogP contribution is -2.37. The van der Waals surface area contributed by atoms with Gasteiger partial charge in [0.2, 0.25) is 6.79 Å². The number of rotatable bonds is 8. The third-order valence-electron chi connectivity index (χ3n) is 4.40. The van der Waals surface area contributed by atoms with Crippen LogP contribution in [0.2, 0.25) is 0 Å². The molecule has 0 spiro atoms. The summed E-state index contributed by atoms with van der Waals surface area (Å²) >= 11 is 0. The van der Waals surface area contributed by atoms with Gasteiger partial charge in [-0.3, -0.25) is 9.69 Å². The van der Waals surface area contributed by atoms with Crippen molar-refractivity contribution in [1.29, 1.82) is 5.26 Å². The number of nitriles is 1. The number of nitrogens with one attached hydrogen (secondary N) is 2. The van der Waals surface area contributed by atoms with Gasteiger partial charge in [-0.05, 0) is 30.7 Å². The third-order valence-corrected chi connectivity index (χ3v) is 4.40. The fraction of sp³-hybridized carbons (Fsp3) is 0.474. The molecule has 1 fully saturated rings. The number of hydrogen-bond donors (Lipinski definition) is 2. The molecule has 1 saturated heterocycles. The zero-order chi connectivity index (χ0) is 18.9. The minimum atomic E-state index is -0.407. The number of amides is 1. The van der Waals surface area contributed by atoms with E-state index >= 15 is 0 Å². The van der Waals surface area contributed by atoms with Crippen LogP contribution in [0.1, 0.15) is 12.0 Å². The second-order valence-corrected chi connectivity index (χ2v) is 6.30. The number of hydrogen-bond acceptors (Lipinski definition) is 7. The fourth-order valence-electron chi connectivity index (χ4n) is 2.88. The molecule has 0 bridgehead atoms. The maximum Gasteiger partial charge on any atom is 0.263 e. The largest absolute Gasteiger partial charge is 0.454 e. The van der Waals surface area contributed by atoms with E-state index in [9.17, 15) is 10.1 Å². The van der Waals surface area contributed by atoms with Gasteiger partial charge in [-0.2, -0.15) is 5.26 Å². The Labute approximate surface area is 158 Å². The second-order valence-electron chi connectivity index (χ2n) is 6.30. The molecule has 1 aromatic rings. The van der Waals surface area contributed by atoms with Gasteiger partial charge < -0.3 is 24.8 Å². The number of morpholine rings is 1. The minimum Gasteiger partial charge on any atom is -0.454 e. The Bertz CT molecular complexity index is 723. The molecule has 0 unspecified atom stereocenters. The Hall–Kier alpha value is -2.76. The number of benzene rings is 1. The average Bonchev–Trinajstić information content (AvgIpc) is 3.17. The van der Waals surface area contributed by atoms with E-state index in [1.807, 2.05) is 18.2 Å².